The third-order valence-corrected chi connectivity index (χ3v) is 2.64. The van der Waals surface area contributed by atoms with Crippen molar-refractivity contribution in [1.29, 1.82) is 0 Å². The molecular formula is C14H16N2O2. The standard InChI is InChI=1S/C14H16N2O2/c1-2-16(11-12-7-4-3-5-8-12)14(17)15-13-9-6-10-18-13/h3-10H,2,11H2,1H3,(H,15,17). The van der Waals surface area contributed by atoms with Crippen LogP contribution in [0, 0.1) is 0 Å². The van der Waals surface area contributed by atoms with E-state index < -0.39 is 0 Å². The molecule has 94 valence electrons. The molecule has 4 heteroatoms. The molecule has 0 unspecified atom stereocenters. The summed E-state index contributed by atoms with van der Waals surface area (Å²) in [6.07, 6.45) is 1.53. The van der Waals surface area contributed by atoms with E-state index in [4.69, 9.17) is 4.42 Å². The van der Waals surface area contributed by atoms with Crippen LogP contribution in [0.15, 0.2) is 53.1 Å². The Balaban J connectivity index is 1.98. The molecule has 2 rings (SSSR count). The fourth-order valence-electron chi connectivity index (χ4n) is 1.67. The maximum atomic E-state index is 12.0. The van der Waals surface area contributed by atoms with Crippen LogP contribution in [-0.2, 0) is 6.54 Å². The molecular weight excluding hydrogens is 228 g/mol. The van der Waals surface area contributed by atoms with Crippen LogP contribution in [0.1, 0.15) is 12.5 Å². The first kappa shape index (κ1) is 12.2. The first-order valence-corrected chi connectivity index (χ1v) is 5.93. The van der Waals surface area contributed by atoms with Gasteiger partial charge in [-0.3, -0.25) is 5.32 Å². The van der Waals surface area contributed by atoms with Gasteiger partial charge in [-0.15, -0.1) is 0 Å². The summed E-state index contributed by atoms with van der Waals surface area (Å²) >= 11 is 0. The van der Waals surface area contributed by atoms with Crippen LogP contribution in [0.5, 0.6) is 0 Å². The Bertz CT molecular complexity index is 480. The SMILES string of the molecule is CCN(Cc1ccccc1)C(=O)Nc1ccco1. The Hall–Kier alpha value is -2.23. The highest BCUT2D eigenvalue weighted by atomic mass is 16.3. The minimum atomic E-state index is -0.156. The molecule has 1 aromatic heterocycles. The van der Waals surface area contributed by atoms with Crippen LogP contribution in [0.25, 0.3) is 0 Å². The molecule has 1 aromatic carbocycles. The van der Waals surface area contributed by atoms with Gasteiger partial charge in [0.15, 0.2) is 0 Å². The van der Waals surface area contributed by atoms with Crippen molar-refractivity contribution in [3.8, 4) is 0 Å². The van der Waals surface area contributed by atoms with Crippen LogP contribution in [0.4, 0.5) is 10.7 Å². The second-order valence-electron chi connectivity index (χ2n) is 3.91. The minimum Gasteiger partial charge on any atom is -0.449 e. The molecule has 0 atom stereocenters. The summed E-state index contributed by atoms with van der Waals surface area (Å²) in [6, 6.07) is 13.2. The number of carbonyl (C=O) groups is 1. The van der Waals surface area contributed by atoms with Crippen molar-refractivity contribution in [2.45, 2.75) is 13.5 Å². The van der Waals surface area contributed by atoms with Gasteiger partial charge >= 0.3 is 6.03 Å². The highest BCUT2D eigenvalue weighted by molar-refractivity contribution is 5.87. The summed E-state index contributed by atoms with van der Waals surface area (Å²) in [7, 11) is 0. The van der Waals surface area contributed by atoms with Crippen molar-refractivity contribution < 1.29 is 9.21 Å². The summed E-state index contributed by atoms with van der Waals surface area (Å²) in [5, 5.41) is 2.71. The lowest BCUT2D eigenvalue weighted by Gasteiger charge is -2.20. The van der Waals surface area contributed by atoms with Crippen LogP contribution in [-0.4, -0.2) is 17.5 Å². The highest BCUT2D eigenvalue weighted by Crippen LogP contribution is 2.10. The summed E-state index contributed by atoms with van der Waals surface area (Å²) in [4.78, 5) is 13.7. The number of carbonyl (C=O) groups excluding carboxylic acids is 1. The molecule has 2 amide bonds. The van der Waals surface area contributed by atoms with E-state index in [2.05, 4.69) is 5.32 Å². The molecule has 1 heterocycles. The van der Waals surface area contributed by atoms with Crippen molar-refractivity contribution in [2.75, 3.05) is 11.9 Å². The number of rotatable bonds is 4. The number of urea groups is 1. The van der Waals surface area contributed by atoms with Crippen molar-refractivity contribution in [3.05, 3.63) is 54.3 Å². The third kappa shape index (κ3) is 3.13. The molecule has 0 spiro atoms. The summed E-state index contributed by atoms with van der Waals surface area (Å²) in [5.74, 6) is 0.464. The molecule has 0 aliphatic carbocycles. The fraction of sp³-hybridized carbons (Fsp3) is 0.214. The van der Waals surface area contributed by atoms with E-state index in [9.17, 15) is 4.79 Å². The molecule has 0 saturated carbocycles. The summed E-state index contributed by atoms with van der Waals surface area (Å²) in [6.45, 7) is 3.18. The molecule has 0 radical (unpaired) electrons. The van der Waals surface area contributed by atoms with Crippen molar-refractivity contribution in [3.63, 3.8) is 0 Å². The predicted molar refractivity (Wildman–Crippen MR) is 70.3 cm³/mol. The first-order valence-electron chi connectivity index (χ1n) is 5.93. The van der Waals surface area contributed by atoms with E-state index in [1.807, 2.05) is 37.3 Å². The van der Waals surface area contributed by atoms with Gasteiger partial charge in [0, 0.05) is 19.2 Å². The summed E-state index contributed by atoms with van der Waals surface area (Å²) in [5.41, 5.74) is 1.11. The zero-order valence-corrected chi connectivity index (χ0v) is 10.3. The average molecular weight is 244 g/mol. The Morgan fingerprint density at radius 3 is 2.61 bits per heavy atom. The van der Waals surface area contributed by atoms with Gasteiger partial charge < -0.3 is 9.32 Å². The average Bonchev–Trinajstić information content (AvgIpc) is 2.90. The first-order chi connectivity index (χ1) is 8.79. The molecule has 18 heavy (non-hydrogen) atoms. The van der Waals surface area contributed by atoms with Crippen LogP contribution in [0.2, 0.25) is 0 Å². The van der Waals surface area contributed by atoms with Gasteiger partial charge in [0.1, 0.15) is 0 Å². The lowest BCUT2D eigenvalue weighted by atomic mass is 10.2. The monoisotopic (exact) mass is 244 g/mol. The summed E-state index contributed by atoms with van der Waals surface area (Å²) < 4.78 is 5.09. The highest BCUT2D eigenvalue weighted by Gasteiger charge is 2.12. The number of hydrogen-bond acceptors (Lipinski definition) is 2. The third-order valence-electron chi connectivity index (χ3n) is 2.64. The topological polar surface area (TPSA) is 45.5 Å². The van der Waals surface area contributed by atoms with Gasteiger partial charge in [-0.2, -0.15) is 0 Å². The van der Waals surface area contributed by atoms with Gasteiger partial charge in [0.2, 0.25) is 5.88 Å². The molecule has 0 saturated heterocycles. The Morgan fingerprint density at radius 1 is 1.22 bits per heavy atom. The van der Waals surface area contributed by atoms with Crippen LogP contribution in [0.3, 0.4) is 0 Å². The number of benzene rings is 1. The Morgan fingerprint density at radius 2 is 2.00 bits per heavy atom. The normalized spacial score (nSPS) is 10.1. The fourth-order valence-corrected chi connectivity index (χ4v) is 1.67. The zero-order chi connectivity index (χ0) is 12.8. The smallest absolute Gasteiger partial charge is 0.324 e. The predicted octanol–water partition coefficient (Wildman–Crippen LogP) is 3.33. The van der Waals surface area contributed by atoms with E-state index in [0.717, 1.165) is 5.56 Å². The number of furan rings is 1. The second kappa shape index (κ2) is 5.91. The van der Waals surface area contributed by atoms with Crippen LogP contribution < -0.4 is 5.32 Å². The van der Waals surface area contributed by atoms with Gasteiger partial charge in [0.25, 0.3) is 0 Å². The molecule has 4 nitrogen and oxygen atoms in total. The quantitative estimate of drug-likeness (QED) is 0.896. The number of nitrogens with zero attached hydrogens (tertiary/aromatic N) is 1. The lowest BCUT2D eigenvalue weighted by molar-refractivity contribution is 0.211. The molecule has 0 aliphatic heterocycles. The number of amides is 2. The second-order valence-corrected chi connectivity index (χ2v) is 3.91. The van der Waals surface area contributed by atoms with E-state index in [1.165, 1.54) is 6.26 Å². The van der Waals surface area contributed by atoms with Crippen LogP contribution >= 0.6 is 0 Å². The zero-order valence-electron chi connectivity index (χ0n) is 10.3. The van der Waals surface area contributed by atoms with E-state index in [0.29, 0.717) is 19.0 Å². The minimum absolute atomic E-state index is 0.156. The van der Waals surface area contributed by atoms with Gasteiger partial charge in [-0.25, -0.2) is 4.79 Å². The van der Waals surface area contributed by atoms with Crippen molar-refractivity contribution in [2.24, 2.45) is 0 Å². The maximum absolute atomic E-state index is 12.0. The molecule has 0 fully saturated rings. The number of hydrogen-bond donors (Lipinski definition) is 1. The molecule has 0 bridgehead atoms. The maximum Gasteiger partial charge on any atom is 0.324 e. The Labute approximate surface area is 106 Å². The molecule has 1 N–H and O–H groups in total. The van der Waals surface area contributed by atoms with Gasteiger partial charge in [-0.1, -0.05) is 30.3 Å². The Kier molecular flexibility index (Phi) is 4.02. The molecule has 2 aromatic rings. The van der Waals surface area contributed by atoms with E-state index >= 15 is 0 Å². The van der Waals surface area contributed by atoms with Crippen molar-refractivity contribution >= 4 is 11.9 Å². The number of anilines is 1. The number of nitrogens with one attached hydrogen (secondary N) is 1. The van der Waals surface area contributed by atoms with Crippen molar-refractivity contribution in [1.82, 2.24) is 4.90 Å². The largest absolute Gasteiger partial charge is 0.449 e. The lowest BCUT2D eigenvalue weighted by Crippen LogP contribution is -2.34. The van der Waals surface area contributed by atoms with Gasteiger partial charge in [0.05, 0.1) is 6.26 Å². The van der Waals surface area contributed by atoms with E-state index in [1.54, 1.807) is 17.0 Å². The molecule has 0 aliphatic rings. The van der Waals surface area contributed by atoms with E-state index in [-0.39, 0.29) is 6.03 Å². The van der Waals surface area contributed by atoms with Gasteiger partial charge in [-0.05, 0) is 18.6 Å².